The molecular weight excluding hydrogens is 254 g/mol. The van der Waals surface area contributed by atoms with Gasteiger partial charge in [0.05, 0.1) is 23.6 Å². The molecule has 18 heavy (non-hydrogen) atoms. The molecule has 0 saturated carbocycles. The van der Waals surface area contributed by atoms with Crippen LogP contribution in [0.2, 0.25) is 0 Å². The molecule has 1 saturated heterocycles. The number of hydrogen-bond donors (Lipinski definition) is 2. The van der Waals surface area contributed by atoms with Gasteiger partial charge in [0, 0.05) is 6.54 Å². The fourth-order valence-electron chi connectivity index (χ4n) is 2.17. The summed E-state index contributed by atoms with van der Waals surface area (Å²) in [4.78, 5) is 0.195. The zero-order valence-corrected chi connectivity index (χ0v) is 11.0. The molecule has 1 heterocycles. The van der Waals surface area contributed by atoms with Crippen molar-refractivity contribution in [3.63, 3.8) is 0 Å². The SMILES string of the molecule is Cc1ccc(S(=O)(=O)N2CC[C@H](O)[C@@H]2CO)cc1. The Morgan fingerprint density at radius 1 is 1.33 bits per heavy atom. The first-order valence-corrected chi connectivity index (χ1v) is 7.28. The van der Waals surface area contributed by atoms with E-state index >= 15 is 0 Å². The van der Waals surface area contributed by atoms with Gasteiger partial charge >= 0.3 is 0 Å². The Kier molecular flexibility index (Phi) is 3.72. The number of hydrogen-bond acceptors (Lipinski definition) is 4. The van der Waals surface area contributed by atoms with Gasteiger partial charge in [-0.3, -0.25) is 0 Å². The second-order valence-corrected chi connectivity index (χ2v) is 6.43. The van der Waals surface area contributed by atoms with E-state index in [1.165, 1.54) is 4.31 Å². The van der Waals surface area contributed by atoms with Gasteiger partial charge in [0.2, 0.25) is 10.0 Å². The lowest BCUT2D eigenvalue weighted by atomic mass is 10.2. The topological polar surface area (TPSA) is 77.8 Å². The molecule has 0 radical (unpaired) electrons. The molecule has 0 aliphatic carbocycles. The van der Waals surface area contributed by atoms with Crippen LogP contribution in [0, 0.1) is 6.92 Å². The van der Waals surface area contributed by atoms with E-state index in [0.29, 0.717) is 6.42 Å². The van der Waals surface area contributed by atoms with Crippen LogP contribution >= 0.6 is 0 Å². The van der Waals surface area contributed by atoms with Crippen LogP contribution in [-0.4, -0.2) is 48.2 Å². The fourth-order valence-corrected chi connectivity index (χ4v) is 3.83. The van der Waals surface area contributed by atoms with E-state index in [1.807, 2.05) is 6.92 Å². The second kappa shape index (κ2) is 4.97. The Labute approximate surface area is 107 Å². The van der Waals surface area contributed by atoms with E-state index < -0.39 is 22.2 Å². The van der Waals surface area contributed by atoms with Crippen LogP contribution in [0.4, 0.5) is 0 Å². The summed E-state index contributed by atoms with van der Waals surface area (Å²) in [5, 5.41) is 18.8. The summed E-state index contributed by atoms with van der Waals surface area (Å²) in [7, 11) is -3.64. The number of rotatable bonds is 3. The first-order valence-electron chi connectivity index (χ1n) is 5.84. The summed E-state index contributed by atoms with van der Waals surface area (Å²) in [6.07, 6.45) is -0.439. The third-order valence-corrected chi connectivity index (χ3v) is 5.21. The predicted octanol–water partition coefficient (Wildman–Crippen LogP) is 0.111. The average Bonchev–Trinajstić information content (AvgIpc) is 2.71. The van der Waals surface area contributed by atoms with Crippen LogP contribution in [0.1, 0.15) is 12.0 Å². The highest BCUT2D eigenvalue weighted by Crippen LogP contribution is 2.26. The molecule has 1 fully saturated rings. The minimum atomic E-state index is -3.64. The van der Waals surface area contributed by atoms with Crippen LogP contribution in [0.15, 0.2) is 29.2 Å². The molecule has 1 aliphatic heterocycles. The van der Waals surface area contributed by atoms with Crippen molar-refractivity contribution < 1.29 is 18.6 Å². The minimum Gasteiger partial charge on any atom is -0.395 e. The molecule has 0 amide bonds. The van der Waals surface area contributed by atoms with Crippen LogP contribution in [0.3, 0.4) is 0 Å². The summed E-state index contributed by atoms with van der Waals surface area (Å²) in [6, 6.07) is 5.81. The van der Waals surface area contributed by atoms with Gasteiger partial charge in [-0.25, -0.2) is 8.42 Å². The summed E-state index contributed by atoms with van der Waals surface area (Å²) in [5.41, 5.74) is 0.981. The van der Waals surface area contributed by atoms with Gasteiger partial charge in [-0.05, 0) is 25.5 Å². The third kappa shape index (κ3) is 2.29. The van der Waals surface area contributed by atoms with Gasteiger partial charge in [-0.2, -0.15) is 4.31 Å². The van der Waals surface area contributed by atoms with E-state index in [-0.39, 0.29) is 18.0 Å². The van der Waals surface area contributed by atoms with E-state index in [2.05, 4.69) is 0 Å². The molecule has 1 aromatic carbocycles. The van der Waals surface area contributed by atoms with Crippen molar-refractivity contribution in [3.05, 3.63) is 29.8 Å². The van der Waals surface area contributed by atoms with Gasteiger partial charge in [0.15, 0.2) is 0 Å². The quantitative estimate of drug-likeness (QED) is 0.818. The normalized spacial score (nSPS) is 25.5. The van der Waals surface area contributed by atoms with Gasteiger partial charge in [0.25, 0.3) is 0 Å². The Balaban J connectivity index is 2.34. The first-order chi connectivity index (χ1) is 8.46. The smallest absolute Gasteiger partial charge is 0.243 e. The first kappa shape index (κ1) is 13.5. The molecule has 0 bridgehead atoms. The predicted molar refractivity (Wildman–Crippen MR) is 66.6 cm³/mol. The lowest BCUT2D eigenvalue weighted by molar-refractivity contribution is 0.0987. The summed E-state index contributed by atoms with van der Waals surface area (Å²) >= 11 is 0. The molecule has 2 atom stereocenters. The lowest BCUT2D eigenvalue weighted by Crippen LogP contribution is -2.41. The van der Waals surface area contributed by atoms with E-state index in [0.717, 1.165) is 5.56 Å². The zero-order valence-electron chi connectivity index (χ0n) is 10.2. The number of aryl methyl sites for hydroxylation is 1. The summed E-state index contributed by atoms with van der Waals surface area (Å²) < 4.78 is 25.9. The van der Waals surface area contributed by atoms with Gasteiger partial charge in [-0.15, -0.1) is 0 Å². The number of benzene rings is 1. The summed E-state index contributed by atoms with van der Waals surface area (Å²) in [6.45, 7) is 1.75. The van der Waals surface area contributed by atoms with Crippen LogP contribution in [0.5, 0.6) is 0 Å². The molecule has 6 heteroatoms. The van der Waals surface area contributed by atoms with Crippen molar-refractivity contribution in [1.82, 2.24) is 4.31 Å². The monoisotopic (exact) mass is 271 g/mol. The Morgan fingerprint density at radius 3 is 2.50 bits per heavy atom. The largest absolute Gasteiger partial charge is 0.395 e. The third-order valence-electron chi connectivity index (χ3n) is 3.27. The van der Waals surface area contributed by atoms with Crippen LogP contribution < -0.4 is 0 Å². The van der Waals surface area contributed by atoms with Crippen molar-refractivity contribution in [3.8, 4) is 0 Å². The van der Waals surface area contributed by atoms with Crippen molar-refractivity contribution >= 4 is 10.0 Å². The highest BCUT2D eigenvalue weighted by Gasteiger charge is 2.40. The molecule has 2 rings (SSSR count). The van der Waals surface area contributed by atoms with Crippen LogP contribution in [-0.2, 0) is 10.0 Å². The molecular formula is C12H17NO4S. The summed E-state index contributed by atoms with van der Waals surface area (Å²) in [5.74, 6) is 0. The fraction of sp³-hybridized carbons (Fsp3) is 0.500. The van der Waals surface area contributed by atoms with Crippen molar-refractivity contribution in [1.29, 1.82) is 0 Å². The molecule has 1 aliphatic rings. The average molecular weight is 271 g/mol. The standard InChI is InChI=1S/C12H17NO4S/c1-9-2-4-10(5-3-9)18(16,17)13-7-6-12(15)11(13)8-14/h2-5,11-12,14-15H,6-8H2,1H3/t11-,12-/m0/s1. The molecule has 5 nitrogen and oxygen atoms in total. The van der Waals surface area contributed by atoms with E-state index in [9.17, 15) is 18.6 Å². The highest BCUT2D eigenvalue weighted by atomic mass is 32.2. The number of aliphatic hydroxyl groups is 2. The molecule has 100 valence electrons. The van der Waals surface area contributed by atoms with Crippen molar-refractivity contribution in [2.75, 3.05) is 13.2 Å². The van der Waals surface area contributed by atoms with E-state index in [1.54, 1.807) is 24.3 Å². The van der Waals surface area contributed by atoms with E-state index in [4.69, 9.17) is 0 Å². The molecule has 0 aromatic heterocycles. The van der Waals surface area contributed by atoms with Crippen molar-refractivity contribution in [2.24, 2.45) is 0 Å². The zero-order chi connectivity index (χ0) is 13.3. The van der Waals surface area contributed by atoms with Gasteiger partial charge in [-0.1, -0.05) is 17.7 Å². The maximum absolute atomic E-state index is 12.4. The number of nitrogens with zero attached hydrogens (tertiary/aromatic N) is 1. The minimum absolute atomic E-state index is 0.195. The van der Waals surface area contributed by atoms with Crippen molar-refractivity contribution in [2.45, 2.75) is 30.4 Å². The molecule has 0 unspecified atom stereocenters. The lowest BCUT2D eigenvalue weighted by Gasteiger charge is -2.23. The van der Waals surface area contributed by atoms with Crippen LogP contribution in [0.25, 0.3) is 0 Å². The number of aliphatic hydroxyl groups excluding tert-OH is 2. The molecule has 0 spiro atoms. The van der Waals surface area contributed by atoms with Gasteiger partial charge < -0.3 is 10.2 Å². The maximum Gasteiger partial charge on any atom is 0.243 e. The maximum atomic E-state index is 12.4. The molecule has 2 N–H and O–H groups in total. The Morgan fingerprint density at radius 2 is 1.94 bits per heavy atom. The molecule has 1 aromatic rings. The highest BCUT2D eigenvalue weighted by molar-refractivity contribution is 7.89. The Bertz CT molecular complexity index is 511. The second-order valence-electron chi connectivity index (χ2n) is 4.53. The van der Waals surface area contributed by atoms with Gasteiger partial charge in [0.1, 0.15) is 0 Å². The number of sulfonamides is 1. The Hall–Kier alpha value is -0.950.